The van der Waals surface area contributed by atoms with Gasteiger partial charge in [0.15, 0.2) is 5.79 Å². The normalized spacial score (nSPS) is 17.5. The molecule has 7 nitrogen and oxygen atoms in total. The number of amides is 2. The lowest BCUT2D eigenvalue weighted by Crippen LogP contribution is -2.47. The number of ether oxygens (including phenoxy) is 2. The summed E-state index contributed by atoms with van der Waals surface area (Å²) in [7, 11) is 0. The Morgan fingerprint density at radius 1 is 1.00 bits per heavy atom. The highest BCUT2D eigenvalue weighted by atomic mass is 16.7. The van der Waals surface area contributed by atoms with E-state index in [4.69, 9.17) is 14.5 Å². The van der Waals surface area contributed by atoms with E-state index in [0.29, 0.717) is 44.7 Å². The Balaban J connectivity index is 1.48. The third-order valence-electron chi connectivity index (χ3n) is 6.32. The van der Waals surface area contributed by atoms with Crippen LogP contribution in [0, 0.1) is 6.92 Å². The van der Waals surface area contributed by atoms with Crippen molar-refractivity contribution in [2.75, 3.05) is 31.6 Å². The molecule has 2 aromatic carbocycles. The van der Waals surface area contributed by atoms with Gasteiger partial charge in [0, 0.05) is 49.5 Å². The topological polar surface area (TPSA) is 80.8 Å². The summed E-state index contributed by atoms with van der Waals surface area (Å²) in [5.74, 6) is -0.641. The van der Waals surface area contributed by atoms with Crippen LogP contribution in [-0.2, 0) is 14.3 Å². The van der Waals surface area contributed by atoms with Gasteiger partial charge in [0.25, 0.3) is 5.91 Å². The number of hydrogen-bond donors (Lipinski definition) is 1. The van der Waals surface area contributed by atoms with Crippen molar-refractivity contribution in [3.63, 3.8) is 0 Å². The minimum atomic E-state index is -0.519. The summed E-state index contributed by atoms with van der Waals surface area (Å²) in [6.45, 7) is 5.91. The number of rotatable bonds is 3. The maximum Gasteiger partial charge on any atom is 0.254 e. The molecule has 170 valence electrons. The predicted molar refractivity (Wildman–Crippen MR) is 126 cm³/mol. The van der Waals surface area contributed by atoms with E-state index >= 15 is 0 Å². The van der Waals surface area contributed by atoms with E-state index in [9.17, 15) is 9.59 Å². The molecule has 2 fully saturated rings. The highest BCUT2D eigenvalue weighted by Crippen LogP contribution is 2.33. The molecule has 3 heterocycles. The van der Waals surface area contributed by atoms with Crippen LogP contribution in [-0.4, -0.2) is 53.8 Å². The van der Waals surface area contributed by atoms with E-state index in [0.717, 1.165) is 33.4 Å². The summed E-state index contributed by atoms with van der Waals surface area (Å²) in [4.78, 5) is 31.7. The highest BCUT2D eigenvalue weighted by molar-refractivity contribution is 6.07. The van der Waals surface area contributed by atoms with Gasteiger partial charge in [-0.1, -0.05) is 23.8 Å². The summed E-state index contributed by atoms with van der Waals surface area (Å²) >= 11 is 0. The van der Waals surface area contributed by atoms with Crippen LogP contribution in [0.1, 0.15) is 35.7 Å². The van der Waals surface area contributed by atoms with Crippen LogP contribution in [0.2, 0.25) is 0 Å². The van der Waals surface area contributed by atoms with Crippen LogP contribution in [0.25, 0.3) is 22.2 Å². The average Bonchev–Trinajstić information content (AvgIpc) is 3.26. The van der Waals surface area contributed by atoms with E-state index in [2.05, 4.69) is 5.32 Å². The summed E-state index contributed by atoms with van der Waals surface area (Å²) < 4.78 is 11.6. The standard InChI is InChI=1S/C26H27N3O4/c1-17-3-8-23-21(15-17)22(25(31)29-11-9-26(10-12-29)32-13-14-33-26)16-24(28-23)19-4-6-20(7-5-19)27-18(2)30/h3-8,15-16H,9-14H2,1-2H3,(H,27,30). The summed E-state index contributed by atoms with van der Waals surface area (Å²) in [5.41, 5.74) is 4.83. The number of likely N-dealkylation sites (tertiary alicyclic amines) is 1. The lowest BCUT2D eigenvalue weighted by Gasteiger charge is -2.37. The number of carbonyl (C=O) groups is 2. The van der Waals surface area contributed by atoms with Crippen molar-refractivity contribution in [3.8, 4) is 11.3 Å². The monoisotopic (exact) mass is 445 g/mol. The first-order valence-electron chi connectivity index (χ1n) is 11.3. The molecule has 1 spiro atoms. The number of anilines is 1. The Kier molecular flexibility index (Phi) is 5.60. The van der Waals surface area contributed by atoms with Crippen molar-refractivity contribution in [2.24, 2.45) is 0 Å². The number of carbonyl (C=O) groups excluding carboxylic acids is 2. The number of pyridine rings is 1. The van der Waals surface area contributed by atoms with E-state index in [1.54, 1.807) is 0 Å². The minimum absolute atomic E-state index is 0.00281. The third-order valence-corrected chi connectivity index (χ3v) is 6.32. The molecule has 0 unspecified atom stereocenters. The van der Waals surface area contributed by atoms with Crippen LogP contribution >= 0.6 is 0 Å². The number of fused-ring (bicyclic) bond motifs is 1. The van der Waals surface area contributed by atoms with Crippen LogP contribution in [0.5, 0.6) is 0 Å². The molecular weight excluding hydrogens is 418 g/mol. The number of piperidine rings is 1. The van der Waals surface area contributed by atoms with Crippen molar-refractivity contribution in [2.45, 2.75) is 32.5 Å². The molecule has 2 aliphatic heterocycles. The van der Waals surface area contributed by atoms with Crippen molar-refractivity contribution >= 4 is 28.4 Å². The van der Waals surface area contributed by atoms with E-state index in [1.807, 2.05) is 60.4 Å². The molecule has 0 radical (unpaired) electrons. The largest absolute Gasteiger partial charge is 0.347 e. The number of aryl methyl sites for hydroxylation is 1. The van der Waals surface area contributed by atoms with Gasteiger partial charge >= 0.3 is 0 Å². The summed E-state index contributed by atoms with van der Waals surface area (Å²) in [6.07, 6.45) is 1.36. The van der Waals surface area contributed by atoms with Gasteiger partial charge in [-0.05, 0) is 37.3 Å². The maximum atomic E-state index is 13.7. The molecule has 1 aromatic heterocycles. The number of nitrogens with one attached hydrogen (secondary N) is 1. The van der Waals surface area contributed by atoms with Gasteiger partial charge < -0.3 is 19.7 Å². The zero-order valence-corrected chi connectivity index (χ0v) is 18.9. The second kappa shape index (κ2) is 8.57. The van der Waals surface area contributed by atoms with Crippen LogP contribution < -0.4 is 5.32 Å². The molecule has 0 saturated carbocycles. The van der Waals surface area contributed by atoms with Gasteiger partial charge in [0.2, 0.25) is 5.91 Å². The van der Waals surface area contributed by atoms with Gasteiger partial charge in [-0.3, -0.25) is 9.59 Å². The quantitative estimate of drug-likeness (QED) is 0.655. The number of aromatic nitrogens is 1. The average molecular weight is 446 g/mol. The lowest BCUT2D eigenvalue weighted by molar-refractivity contribution is -0.181. The SMILES string of the molecule is CC(=O)Nc1ccc(-c2cc(C(=O)N3CCC4(CC3)OCCO4)c3cc(C)ccc3n2)cc1. The Hall–Kier alpha value is -3.29. The Morgan fingerprint density at radius 2 is 1.70 bits per heavy atom. The van der Waals surface area contributed by atoms with E-state index < -0.39 is 5.79 Å². The Labute approximate surface area is 192 Å². The van der Waals surface area contributed by atoms with Gasteiger partial charge in [-0.15, -0.1) is 0 Å². The minimum Gasteiger partial charge on any atom is -0.347 e. The first kappa shape index (κ1) is 21.6. The predicted octanol–water partition coefficient (Wildman–Crippen LogP) is 4.15. The molecule has 3 aromatic rings. The van der Waals surface area contributed by atoms with Crippen molar-refractivity contribution in [3.05, 3.63) is 59.7 Å². The molecule has 0 atom stereocenters. The molecule has 5 rings (SSSR count). The fourth-order valence-electron chi connectivity index (χ4n) is 4.60. The van der Waals surface area contributed by atoms with Crippen molar-refractivity contribution < 1.29 is 19.1 Å². The highest BCUT2D eigenvalue weighted by Gasteiger charge is 2.41. The molecule has 33 heavy (non-hydrogen) atoms. The zero-order valence-electron chi connectivity index (χ0n) is 18.9. The van der Waals surface area contributed by atoms with Crippen molar-refractivity contribution in [1.82, 2.24) is 9.88 Å². The van der Waals surface area contributed by atoms with E-state index in [1.165, 1.54) is 6.92 Å². The number of nitrogens with zero attached hydrogens (tertiary/aromatic N) is 2. The van der Waals surface area contributed by atoms with Crippen LogP contribution in [0.4, 0.5) is 5.69 Å². The Bertz CT molecular complexity index is 1210. The van der Waals surface area contributed by atoms with Crippen LogP contribution in [0.15, 0.2) is 48.5 Å². The fourth-order valence-corrected chi connectivity index (χ4v) is 4.60. The van der Waals surface area contributed by atoms with Crippen LogP contribution in [0.3, 0.4) is 0 Å². The molecule has 1 N–H and O–H groups in total. The first-order valence-corrected chi connectivity index (χ1v) is 11.3. The smallest absolute Gasteiger partial charge is 0.254 e. The molecule has 0 bridgehead atoms. The molecule has 7 heteroatoms. The molecule has 0 aliphatic carbocycles. The zero-order chi connectivity index (χ0) is 23.0. The number of hydrogen-bond acceptors (Lipinski definition) is 5. The van der Waals surface area contributed by atoms with Gasteiger partial charge in [0.05, 0.1) is 30.0 Å². The Morgan fingerprint density at radius 3 is 2.36 bits per heavy atom. The van der Waals surface area contributed by atoms with Gasteiger partial charge in [-0.2, -0.15) is 0 Å². The molecular formula is C26H27N3O4. The third kappa shape index (κ3) is 4.34. The number of benzene rings is 2. The second-order valence-electron chi connectivity index (χ2n) is 8.73. The first-order chi connectivity index (χ1) is 15.9. The summed E-state index contributed by atoms with van der Waals surface area (Å²) in [6, 6.07) is 15.4. The molecule has 2 amide bonds. The summed E-state index contributed by atoms with van der Waals surface area (Å²) in [5, 5.41) is 3.63. The van der Waals surface area contributed by atoms with Gasteiger partial charge in [-0.25, -0.2) is 4.98 Å². The maximum absolute atomic E-state index is 13.7. The van der Waals surface area contributed by atoms with Gasteiger partial charge in [0.1, 0.15) is 0 Å². The van der Waals surface area contributed by atoms with E-state index in [-0.39, 0.29) is 11.8 Å². The second-order valence-corrected chi connectivity index (χ2v) is 8.73. The molecule has 2 saturated heterocycles. The fraction of sp³-hybridized carbons (Fsp3) is 0.346. The molecule has 2 aliphatic rings. The lowest BCUT2D eigenvalue weighted by atomic mass is 9.99. The van der Waals surface area contributed by atoms with Crippen molar-refractivity contribution in [1.29, 1.82) is 0 Å².